The summed E-state index contributed by atoms with van der Waals surface area (Å²) < 4.78 is 0. The number of carbonyl (C=O) groups is 2. The van der Waals surface area contributed by atoms with Crippen LogP contribution in [0.2, 0.25) is 0 Å². The normalized spacial score (nSPS) is 11.9. The smallest absolute Gasteiger partial charge is 0.326 e. The van der Waals surface area contributed by atoms with E-state index in [1.807, 2.05) is 29.0 Å². The van der Waals surface area contributed by atoms with Crippen molar-refractivity contribution in [3.8, 4) is 0 Å². The maximum Gasteiger partial charge on any atom is 0.326 e. The van der Waals surface area contributed by atoms with Crippen LogP contribution < -0.4 is 10.6 Å². The van der Waals surface area contributed by atoms with Crippen LogP contribution in [0.5, 0.6) is 0 Å². The fourth-order valence-corrected chi connectivity index (χ4v) is 6.03. The van der Waals surface area contributed by atoms with Crippen molar-refractivity contribution in [2.45, 2.75) is 31.7 Å². The number of carbonyl (C=O) groups excluding carboxylic acids is 1. The highest BCUT2D eigenvalue weighted by Gasteiger charge is 2.24. The number of hydrogen-bond acceptors (Lipinski definition) is 6. The molecule has 0 fully saturated rings. The number of aliphatic carboxylic acids is 1. The lowest BCUT2D eigenvalue weighted by Crippen LogP contribution is -2.41. The van der Waals surface area contributed by atoms with Gasteiger partial charge in [0.05, 0.1) is 16.6 Å². The van der Waals surface area contributed by atoms with Crippen molar-refractivity contribution in [2.24, 2.45) is 0 Å². The van der Waals surface area contributed by atoms with Crippen LogP contribution >= 0.6 is 34.0 Å². The molecule has 0 spiro atoms. The summed E-state index contributed by atoms with van der Waals surface area (Å²) in [4.78, 5) is 28.2. The van der Waals surface area contributed by atoms with E-state index in [1.54, 1.807) is 35.7 Å². The predicted octanol–water partition coefficient (Wildman–Crippen LogP) is 4.60. The van der Waals surface area contributed by atoms with Gasteiger partial charge in [0.25, 0.3) is 5.91 Å². The Balaban J connectivity index is 1.70. The SMILES string of the molecule is CC(=N)NCCC[C@H](NC(=O)c1ccc(C(c2cccs2)c2cccs2)s1)C(=O)O. The van der Waals surface area contributed by atoms with Gasteiger partial charge in [0.1, 0.15) is 6.04 Å². The summed E-state index contributed by atoms with van der Waals surface area (Å²) in [5.41, 5.74) is 0. The minimum absolute atomic E-state index is 0.0854. The van der Waals surface area contributed by atoms with E-state index in [-0.39, 0.29) is 11.8 Å². The standard InChI is InChI=1S/C21H23N3O3S3/c1-13(22)23-10-2-5-14(21(26)27)24-20(25)18-9-8-17(30-18)19(15-6-3-11-28-15)16-7-4-12-29-16/h3-4,6-9,11-12,14,19H,2,5,10H2,1H3,(H2,22,23)(H,24,25)(H,26,27)/t14-/m0/s1. The number of amidine groups is 1. The number of carboxylic acid groups (broad SMARTS) is 1. The second kappa shape index (κ2) is 10.5. The Morgan fingerprint density at radius 2 is 1.73 bits per heavy atom. The highest BCUT2D eigenvalue weighted by Crippen LogP contribution is 2.39. The lowest BCUT2D eigenvalue weighted by Gasteiger charge is -2.14. The van der Waals surface area contributed by atoms with E-state index in [0.717, 1.165) is 4.88 Å². The average Bonchev–Trinajstić information content (AvgIpc) is 3.47. The van der Waals surface area contributed by atoms with Crippen LogP contribution in [0.25, 0.3) is 0 Å². The molecular weight excluding hydrogens is 438 g/mol. The highest BCUT2D eigenvalue weighted by atomic mass is 32.1. The third-order valence-corrected chi connectivity index (χ3v) is 7.48. The van der Waals surface area contributed by atoms with Gasteiger partial charge in [-0.2, -0.15) is 0 Å². The van der Waals surface area contributed by atoms with Crippen LogP contribution in [-0.4, -0.2) is 35.4 Å². The predicted molar refractivity (Wildman–Crippen MR) is 123 cm³/mol. The summed E-state index contributed by atoms with van der Waals surface area (Å²) in [6, 6.07) is 11.0. The molecule has 0 aromatic carbocycles. The molecule has 0 saturated heterocycles. The van der Waals surface area contributed by atoms with Gasteiger partial charge in [-0.05, 0) is 54.8 Å². The summed E-state index contributed by atoms with van der Waals surface area (Å²) in [6.07, 6.45) is 0.842. The number of carboxylic acids is 1. The summed E-state index contributed by atoms with van der Waals surface area (Å²) in [6.45, 7) is 2.13. The van der Waals surface area contributed by atoms with Gasteiger partial charge in [0.15, 0.2) is 0 Å². The van der Waals surface area contributed by atoms with E-state index in [2.05, 4.69) is 22.8 Å². The van der Waals surface area contributed by atoms with Gasteiger partial charge in [0.2, 0.25) is 0 Å². The maximum absolute atomic E-state index is 12.7. The zero-order valence-electron chi connectivity index (χ0n) is 16.4. The Bertz CT molecular complexity index is 946. The van der Waals surface area contributed by atoms with Gasteiger partial charge in [0, 0.05) is 21.2 Å². The molecule has 0 saturated carbocycles. The van der Waals surface area contributed by atoms with Crippen molar-refractivity contribution >= 4 is 51.7 Å². The Kier molecular flexibility index (Phi) is 7.78. The highest BCUT2D eigenvalue weighted by molar-refractivity contribution is 7.15. The average molecular weight is 462 g/mol. The Labute approximate surface area is 187 Å². The van der Waals surface area contributed by atoms with Crippen molar-refractivity contribution in [1.29, 1.82) is 5.41 Å². The van der Waals surface area contributed by atoms with Gasteiger partial charge in [-0.25, -0.2) is 4.79 Å². The number of amides is 1. The van der Waals surface area contributed by atoms with Crippen molar-refractivity contribution in [2.75, 3.05) is 6.54 Å². The van der Waals surface area contributed by atoms with Gasteiger partial charge in [-0.15, -0.1) is 34.0 Å². The molecule has 0 aliphatic carbocycles. The fourth-order valence-electron chi connectivity index (χ4n) is 3.03. The summed E-state index contributed by atoms with van der Waals surface area (Å²) >= 11 is 4.77. The topological polar surface area (TPSA) is 102 Å². The third kappa shape index (κ3) is 5.78. The minimum Gasteiger partial charge on any atom is -0.480 e. The number of thiophene rings is 3. The number of hydrogen-bond donors (Lipinski definition) is 4. The van der Waals surface area contributed by atoms with Crippen molar-refractivity contribution in [3.63, 3.8) is 0 Å². The molecule has 3 aromatic rings. The van der Waals surface area contributed by atoms with E-state index in [1.165, 1.54) is 21.1 Å². The second-order valence-corrected chi connectivity index (χ2v) is 9.80. The van der Waals surface area contributed by atoms with Crippen LogP contribution in [0, 0.1) is 5.41 Å². The van der Waals surface area contributed by atoms with Crippen LogP contribution in [0.3, 0.4) is 0 Å². The molecule has 30 heavy (non-hydrogen) atoms. The second-order valence-electron chi connectivity index (χ2n) is 6.72. The molecule has 4 N–H and O–H groups in total. The van der Waals surface area contributed by atoms with E-state index < -0.39 is 12.0 Å². The largest absolute Gasteiger partial charge is 0.480 e. The first-order valence-electron chi connectivity index (χ1n) is 9.45. The van der Waals surface area contributed by atoms with E-state index in [4.69, 9.17) is 5.41 Å². The lowest BCUT2D eigenvalue weighted by molar-refractivity contribution is -0.139. The molecule has 3 heterocycles. The summed E-state index contributed by atoms with van der Waals surface area (Å²) in [5.74, 6) is -1.00. The molecular formula is C21H23N3O3S3. The minimum atomic E-state index is -1.05. The summed E-state index contributed by atoms with van der Waals surface area (Å²) in [5, 5.41) is 26.4. The van der Waals surface area contributed by atoms with Crippen LogP contribution in [0.4, 0.5) is 0 Å². The van der Waals surface area contributed by atoms with Crippen molar-refractivity contribution < 1.29 is 14.7 Å². The van der Waals surface area contributed by atoms with Crippen LogP contribution in [0.15, 0.2) is 47.2 Å². The Morgan fingerprint density at radius 1 is 1.07 bits per heavy atom. The molecule has 3 rings (SSSR count). The molecule has 3 aromatic heterocycles. The molecule has 9 heteroatoms. The first-order chi connectivity index (χ1) is 14.5. The first-order valence-corrected chi connectivity index (χ1v) is 12.0. The molecule has 6 nitrogen and oxygen atoms in total. The van der Waals surface area contributed by atoms with Gasteiger partial charge >= 0.3 is 5.97 Å². The molecule has 0 bridgehead atoms. The number of rotatable bonds is 10. The monoisotopic (exact) mass is 461 g/mol. The molecule has 0 radical (unpaired) electrons. The molecule has 0 aliphatic rings. The van der Waals surface area contributed by atoms with Gasteiger partial charge in [-0.1, -0.05) is 12.1 Å². The molecule has 1 atom stereocenters. The first kappa shape index (κ1) is 22.2. The Hall–Kier alpha value is -2.49. The zero-order chi connectivity index (χ0) is 21.5. The van der Waals surface area contributed by atoms with E-state index in [0.29, 0.717) is 30.1 Å². The van der Waals surface area contributed by atoms with Crippen LogP contribution in [-0.2, 0) is 4.79 Å². The maximum atomic E-state index is 12.7. The molecule has 158 valence electrons. The molecule has 0 unspecified atom stereocenters. The van der Waals surface area contributed by atoms with Crippen molar-refractivity contribution in [3.05, 3.63) is 66.7 Å². The van der Waals surface area contributed by atoms with Gasteiger partial charge in [-0.3, -0.25) is 10.2 Å². The molecule has 0 aliphatic heterocycles. The lowest BCUT2D eigenvalue weighted by atomic mass is 10.0. The summed E-state index contributed by atoms with van der Waals surface area (Å²) in [7, 11) is 0. The van der Waals surface area contributed by atoms with Crippen molar-refractivity contribution in [1.82, 2.24) is 10.6 Å². The quantitative estimate of drug-likeness (QED) is 0.201. The van der Waals surface area contributed by atoms with Gasteiger partial charge < -0.3 is 15.7 Å². The molecule has 1 amide bonds. The zero-order valence-corrected chi connectivity index (χ0v) is 18.8. The fraction of sp³-hybridized carbons (Fsp3) is 0.286. The van der Waals surface area contributed by atoms with Crippen LogP contribution in [0.1, 0.15) is 50.0 Å². The van der Waals surface area contributed by atoms with E-state index in [9.17, 15) is 14.7 Å². The Morgan fingerprint density at radius 3 is 2.27 bits per heavy atom. The number of nitrogens with one attached hydrogen (secondary N) is 3. The third-order valence-electron chi connectivity index (χ3n) is 4.45. The van der Waals surface area contributed by atoms with E-state index >= 15 is 0 Å².